The van der Waals surface area contributed by atoms with Crippen molar-refractivity contribution in [2.24, 2.45) is 5.92 Å². The van der Waals surface area contributed by atoms with E-state index in [0.29, 0.717) is 6.42 Å². The minimum atomic E-state index is -0.805. The summed E-state index contributed by atoms with van der Waals surface area (Å²) in [5.74, 6) is -1.02. The van der Waals surface area contributed by atoms with Gasteiger partial charge in [0.05, 0.1) is 14.2 Å². The van der Waals surface area contributed by atoms with Crippen LogP contribution < -0.4 is 5.32 Å². The van der Waals surface area contributed by atoms with Gasteiger partial charge in [-0.05, 0) is 12.3 Å². The van der Waals surface area contributed by atoms with Crippen LogP contribution in [0.2, 0.25) is 0 Å². The number of hydrogen-bond acceptors (Lipinski definition) is 5. The molecule has 0 bridgehead atoms. The summed E-state index contributed by atoms with van der Waals surface area (Å²) in [6.07, 6.45) is 0.549. The molecule has 104 valence electrons. The highest BCUT2D eigenvalue weighted by Gasteiger charge is 2.22. The molecule has 0 aliphatic heterocycles. The van der Waals surface area contributed by atoms with Crippen molar-refractivity contribution in [3.63, 3.8) is 0 Å². The van der Waals surface area contributed by atoms with E-state index >= 15 is 0 Å². The molecule has 1 atom stereocenters. The van der Waals surface area contributed by atoms with Crippen molar-refractivity contribution < 1.29 is 23.9 Å². The molecule has 0 radical (unpaired) electrons. The molecule has 18 heavy (non-hydrogen) atoms. The summed E-state index contributed by atoms with van der Waals surface area (Å²) in [4.78, 5) is 34.0. The molecule has 1 amide bonds. The smallest absolute Gasteiger partial charge is 0.328 e. The first-order chi connectivity index (χ1) is 8.40. The summed E-state index contributed by atoms with van der Waals surface area (Å²) < 4.78 is 9.06. The minimum Gasteiger partial charge on any atom is -0.469 e. The fourth-order valence-electron chi connectivity index (χ4n) is 1.38. The molecule has 0 saturated carbocycles. The number of amides is 1. The molecule has 0 aromatic rings. The van der Waals surface area contributed by atoms with Gasteiger partial charge in [-0.15, -0.1) is 0 Å². The molecule has 0 rings (SSSR count). The van der Waals surface area contributed by atoms with Crippen molar-refractivity contribution in [1.29, 1.82) is 0 Å². The third-order valence-electron chi connectivity index (χ3n) is 2.28. The van der Waals surface area contributed by atoms with E-state index in [-0.39, 0.29) is 24.7 Å². The van der Waals surface area contributed by atoms with Gasteiger partial charge < -0.3 is 14.8 Å². The Hall–Kier alpha value is -1.59. The van der Waals surface area contributed by atoms with Crippen LogP contribution in [0.4, 0.5) is 0 Å². The summed E-state index contributed by atoms with van der Waals surface area (Å²) in [5.41, 5.74) is 0. The van der Waals surface area contributed by atoms with Gasteiger partial charge in [-0.3, -0.25) is 9.59 Å². The van der Waals surface area contributed by atoms with E-state index in [1.165, 1.54) is 14.2 Å². The number of carbonyl (C=O) groups is 3. The monoisotopic (exact) mass is 259 g/mol. The highest BCUT2D eigenvalue weighted by molar-refractivity contribution is 5.84. The van der Waals surface area contributed by atoms with Crippen LogP contribution in [0.15, 0.2) is 0 Å². The number of nitrogens with one attached hydrogen (secondary N) is 1. The van der Waals surface area contributed by atoms with E-state index in [9.17, 15) is 14.4 Å². The average molecular weight is 259 g/mol. The first kappa shape index (κ1) is 16.4. The molecule has 6 heteroatoms. The minimum absolute atomic E-state index is 0.0538. The maximum atomic E-state index is 11.6. The SMILES string of the molecule is COC(=O)CCC(NC(=O)CC(C)C)C(=O)OC. The zero-order valence-corrected chi connectivity index (χ0v) is 11.3. The Balaban J connectivity index is 4.36. The van der Waals surface area contributed by atoms with Crippen molar-refractivity contribution in [2.45, 2.75) is 39.2 Å². The second-order valence-electron chi connectivity index (χ2n) is 4.36. The number of hydrogen-bond donors (Lipinski definition) is 1. The first-order valence-electron chi connectivity index (χ1n) is 5.84. The van der Waals surface area contributed by atoms with Crippen molar-refractivity contribution in [1.82, 2.24) is 5.32 Å². The summed E-state index contributed by atoms with van der Waals surface area (Å²) in [5, 5.41) is 2.56. The Morgan fingerprint density at radius 1 is 1.11 bits per heavy atom. The van der Waals surface area contributed by atoms with Crippen molar-refractivity contribution in [3.8, 4) is 0 Å². The van der Waals surface area contributed by atoms with E-state index in [4.69, 9.17) is 0 Å². The number of rotatable bonds is 7. The summed E-state index contributed by atoms with van der Waals surface area (Å²) in [6.45, 7) is 3.81. The van der Waals surface area contributed by atoms with Crippen LogP contribution >= 0.6 is 0 Å². The summed E-state index contributed by atoms with van der Waals surface area (Å²) in [7, 11) is 2.51. The molecule has 0 spiro atoms. The second kappa shape index (κ2) is 8.49. The second-order valence-corrected chi connectivity index (χ2v) is 4.36. The Labute approximate surface area is 107 Å². The van der Waals surface area contributed by atoms with Gasteiger partial charge in [-0.2, -0.15) is 0 Å². The van der Waals surface area contributed by atoms with Gasteiger partial charge in [0.2, 0.25) is 5.91 Å². The highest BCUT2D eigenvalue weighted by Crippen LogP contribution is 2.04. The predicted molar refractivity (Wildman–Crippen MR) is 64.7 cm³/mol. The highest BCUT2D eigenvalue weighted by atomic mass is 16.5. The maximum Gasteiger partial charge on any atom is 0.328 e. The van der Waals surface area contributed by atoms with Gasteiger partial charge in [0.15, 0.2) is 0 Å². The van der Waals surface area contributed by atoms with Gasteiger partial charge in [0, 0.05) is 12.8 Å². The first-order valence-corrected chi connectivity index (χ1v) is 5.84. The number of methoxy groups -OCH3 is 2. The largest absolute Gasteiger partial charge is 0.469 e. The molecule has 0 heterocycles. The van der Waals surface area contributed by atoms with Crippen LogP contribution in [-0.4, -0.2) is 38.1 Å². The molecule has 1 unspecified atom stereocenters. The molecule has 0 aliphatic carbocycles. The Morgan fingerprint density at radius 3 is 2.17 bits per heavy atom. The summed E-state index contributed by atoms with van der Waals surface area (Å²) >= 11 is 0. The lowest BCUT2D eigenvalue weighted by atomic mass is 10.1. The normalized spacial score (nSPS) is 11.8. The van der Waals surface area contributed by atoms with Crippen LogP contribution in [0.5, 0.6) is 0 Å². The lowest BCUT2D eigenvalue weighted by Crippen LogP contribution is -2.42. The van der Waals surface area contributed by atoms with Crippen molar-refractivity contribution in [2.75, 3.05) is 14.2 Å². The molecule has 6 nitrogen and oxygen atoms in total. The molecule has 0 aromatic carbocycles. The third-order valence-corrected chi connectivity index (χ3v) is 2.28. The van der Waals surface area contributed by atoms with Gasteiger partial charge in [-0.1, -0.05) is 13.8 Å². The number of ether oxygens (including phenoxy) is 2. The topological polar surface area (TPSA) is 81.7 Å². The third kappa shape index (κ3) is 6.88. The molecule has 0 fully saturated rings. The molecule has 0 saturated heterocycles. The molecular weight excluding hydrogens is 238 g/mol. The quantitative estimate of drug-likeness (QED) is 0.679. The molecule has 0 aliphatic rings. The Kier molecular flexibility index (Phi) is 7.74. The van der Waals surface area contributed by atoms with Gasteiger partial charge in [0.1, 0.15) is 6.04 Å². The molecule has 0 aromatic heterocycles. The molecular formula is C12H21NO5. The van der Waals surface area contributed by atoms with E-state index in [0.717, 1.165) is 0 Å². The Bertz CT molecular complexity index is 301. The number of carbonyl (C=O) groups excluding carboxylic acids is 3. The van der Waals surface area contributed by atoms with Gasteiger partial charge >= 0.3 is 11.9 Å². The lowest BCUT2D eigenvalue weighted by molar-refractivity contribution is -0.146. The van der Waals surface area contributed by atoms with Crippen LogP contribution in [0.25, 0.3) is 0 Å². The molecule has 1 N–H and O–H groups in total. The van der Waals surface area contributed by atoms with E-state index in [2.05, 4.69) is 14.8 Å². The average Bonchev–Trinajstić information content (AvgIpc) is 2.31. The van der Waals surface area contributed by atoms with E-state index in [1.807, 2.05) is 13.8 Å². The van der Waals surface area contributed by atoms with Crippen LogP contribution in [0, 0.1) is 5.92 Å². The fraction of sp³-hybridized carbons (Fsp3) is 0.750. The zero-order chi connectivity index (χ0) is 14.1. The van der Waals surface area contributed by atoms with Crippen LogP contribution in [-0.2, 0) is 23.9 Å². The van der Waals surface area contributed by atoms with E-state index in [1.54, 1.807) is 0 Å². The van der Waals surface area contributed by atoms with E-state index < -0.39 is 18.0 Å². The number of esters is 2. The zero-order valence-electron chi connectivity index (χ0n) is 11.3. The van der Waals surface area contributed by atoms with Crippen LogP contribution in [0.3, 0.4) is 0 Å². The maximum absolute atomic E-state index is 11.6. The fourth-order valence-corrected chi connectivity index (χ4v) is 1.38. The standard InChI is InChI=1S/C12H21NO5/c1-8(2)7-10(14)13-9(12(16)18-4)5-6-11(15)17-3/h8-9H,5-7H2,1-4H3,(H,13,14). The van der Waals surface area contributed by atoms with Gasteiger partial charge in [-0.25, -0.2) is 4.79 Å². The lowest BCUT2D eigenvalue weighted by Gasteiger charge is -2.16. The van der Waals surface area contributed by atoms with Crippen molar-refractivity contribution >= 4 is 17.8 Å². The Morgan fingerprint density at radius 2 is 1.72 bits per heavy atom. The summed E-state index contributed by atoms with van der Waals surface area (Å²) in [6, 6.07) is -0.805. The van der Waals surface area contributed by atoms with Crippen LogP contribution in [0.1, 0.15) is 33.1 Å². The van der Waals surface area contributed by atoms with Gasteiger partial charge in [0.25, 0.3) is 0 Å². The predicted octanol–water partition coefficient (Wildman–Crippen LogP) is 0.643. The van der Waals surface area contributed by atoms with Crippen molar-refractivity contribution in [3.05, 3.63) is 0 Å².